The van der Waals surface area contributed by atoms with Gasteiger partial charge in [-0.3, -0.25) is 4.79 Å². The fourth-order valence-electron chi connectivity index (χ4n) is 14.0. The Hall–Kier alpha value is -12.2. The number of methoxy groups -OCH3 is 1. The standard InChI is InChI=1S/C22H28N4O5S.C17H24N4O4S.C16H22N4O4S.C16H24N4O4S.C13H16N2O5S/c1-22(2,13-25-21(27)24-11-15-7-9-17(30-3)10-8-15)14-31-18-6-4-5-16-12-32(28,29)26-20(23)19(16)18;1-2-8-19-17(22)21-9-4-6-13(21)10-25-14-7-3-5-12-11-26(23,24)20-16(18)15(12)14;1-2-18-16(21)20-8-4-6-12(20)9-24-13-7-3-5-11-10-25(22,23)19-15(17)14(11)13;1-4-18-15(21)19-9-16(2,3)10-24-12-7-5-6-11-8-25(22,23)20-14(17)13(11)12;1-13(2,12(16)17)7-20-9-5-3-4-8-6-21(18,19)15-11(14)10(8)9/h4-10H,11-14H2,1-3H3,(H2,23,26)(H2,24,25,27);3,5,7,13H,2,4,6,8-11H2,1H3,(H2,18,20)(H,19,22);3,5,7,12H,2,4,6,8-10H2,1H3,(H2,17,19)(H,18,21);5-7H,4,8-10H2,1-3H3,(H2,17,20)(H2,18,19,21);3-5H,6-7H2,1-2H3,(H2,14,15)(H,16,17)/t;13-;12-;;/m.00../s1. The highest BCUT2D eigenvalue weighted by Crippen LogP contribution is 2.36. The van der Waals surface area contributed by atoms with Crippen LogP contribution in [0.2, 0.25) is 0 Å². The Labute approximate surface area is 751 Å². The molecule has 0 aromatic heterocycles. The van der Waals surface area contributed by atoms with E-state index in [0.29, 0.717) is 157 Å². The molecule has 129 heavy (non-hydrogen) atoms. The molecular weight excluding hydrogens is 1770 g/mol. The third-order valence-electron chi connectivity index (χ3n) is 20.5. The van der Waals surface area contributed by atoms with Crippen molar-refractivity contribution < 1.29 is 99.6 Å². The zero-order valence-corrected chi connectivity index (χ0v) is 77.5. The molecule has 2 fully saturated rings. The molecule has 17 N–H and O–H groups in total. The monoisotopic (exact) mass is 1890 g/mol. The number of hydrogen-bond donors (Lipinski definition) is 12. The number of benzene rings is 6. The van der Waals surface area contributed by atoms with Crippen LogP contribution in [-0.2, 0) is 90.2 Å². The number of hydrogen-bond acceptors (Lipinski definition) is 26. The number of rotatable bonds is 27. The van der Waals surface area contributed by atoms with Crippen LogP contribution in [0.25, 0.3) is 0 Å². The van der Waals surface area contributed by atoms with Gasteiger partial charge in [0, 0.05) is 63.2 Å². The third kappa shape index (κ3) is 28.6. The first-order chi connectivity index (χ1) is 60.7. The van der Waals surface area contributed by atoms with Crippen molar-refractivity contribution in [3.8, 4) is 34.5 Å². The number of ether oxygens (including phenoxy) is 6. The van der Waals surface area contributed by atoms with Gasteiger partial charge in [-0.1, -0.05) is 107 Å². The SMILES string of the molecule is CC(C)(COc1cccc2c1C(N)=NS(=O)(=O)C2)C(=O)O.CCCNC(=O)N1CCC[C@H]1COc1cccc2c1C(N)=NS(=O)(=O)C2.CCNC(=O)N1CCC[C@H]1COc1cccc2c1C(N)=NS(=O)(=O)C2.CCNC(=O)NCC(C)(C)COc1cccc2c1C(N)=NS(=O)(=O)C2.COc1ccc(CNC(=O)NCC(C)(C)COc2cccc3c2C(N)=NS(=O)(=O)C3)cc1. The summed E-state index contributed by atoms with van der Waals surface area (Å²) in [7, 11) is -16.3. The van der Waals surface area contributed by atoms with Crippen molar-refractivity contribution >= 4 is 109 Å². The second kappa shape index (κ2) is 43.3. The lowest BCUT2D eigenvalue weighted by Gasteiger charge is -2.26. The number of nitrogens with zero attached hydrogens (tertiary/aromatic N) is 7. The van der Waals surface area contributed by atoms with Crippen LogP contribution in [-0.4, -0.2) is 214 Å². The number of nitrogens with two attached hydrogens (primary N) is 5. The molecule has 7 heterocycles. The summed E-state index contributed by atoms with van der Waals surface area (Å²) in [5, 5.41) is 25.9. The minimum atomic E-state index is -3.61. The molecule has 7 aliphatic heterocycles. The van der Waals surface area contributed by atoms with E-state index in [2.05, 4.69) is 53.9 Å². The zero-order chi connectivity index (χ0) is 94.6. The number of carbonyl (C=O) groups excluding carboxylic acids is 4. The maximum Gasteiger partial charge on any atom is 0.317 e. The van der Waals surface area contributed by atoms with E-state index >= 15 is 0 Å². The number of carboxylic acids is 1. The quantitative estimate of drug-likeness (QED) is 0.0288. The highest BCUT2D eigenvalue weighted by atomic mass is 32.2. The van der Waals surface area contributed by atoms with Gasteiger partial charge >= 0.3 is 30.1 Å². The van der Waals surface area contributed by atoms with Gasteiger partial charge < -0.3 is 104 Å². The maximum absolute atomic E-state index is 12.2. The predicted molar refractivity (Wildman–Crippen MR) is 488 cm³/mol. The van der Waals surface area contributed by atoms with Crippen LogP contribution >= 0.6 is 0 Å². The summed E-state index contributed by atoms with van der Waals surface area (Å²) in [6.45, 7) is 22.2. The number of carbonyl (C=O) groups is 5. The number of nitrogens with one attached hydrogen (secondary N) is 6. The van der Waals surface area contributed by atoms with Crippen molar-refractivity contribution in [2.45, 2.75) is 142 Å². The van der Waals surface area contributed by atoms with Crippen molar-refractivity contribution in [2.24, 2.45) is 66.9 Å². The Bertz CT molecular complexity index is 5890. The molecule has 7 aliphatic rings. The van der Waals surface area contributed by atoms with Crippen LogP contribution in [0, 0.1) is 16.2 Å². The first-order valence-electron chi connectivity index (χ1n) is 41.3. The topological polar surface area (TPSA) is 602 Å². The molecule has 6 aromatic rings. The maximum atomic E-state index is 12.2. The van der Waals surface area contributed by atoms with Gasteiger partial charge in [-0.2, -0.15) is 0 Å². The molecule has 0 aliphatic carbocycles. The smallest absolute Gasteiger partial charge is 0.317 e. The Balaban J connectivity index is 0.000000183. The molecule has 0 bridgehead atoms. The molecule has 2 saturated heterocycles. The lowest BCUT2D eigenvalue weighted by atomic mass is 9.95. The van der Waals surface area contributed by atoms with Gasteiger partial charge in [0.25, 0.3) is 50.1 Å². The molecule has 0 spiro atoms. The van der Waals surface area contributed by atoms with E-state index in [4.69, 9.17) is 62.2 Å². The fraction of sp³-hybridized carbons (Fsp3) is 0.452. The molecule has 13 rings (SSSR count). The van der Waals surface area contributed by atoms with E-state index in [1.54, 1.807) is 108 Å². The Kier molecular flexibility index (Phi) is 33.7. The van der Waals surface area contributed by atoms with E-state index in [-0.39, 0.29) is 113 Å². The summed E-state index contributed by atoms with van der Waals surface area (Å²) in [6.07, 6.45) is 4.48. The summed E-state index contributed by atoms with van der Waals surface area (Å²) in [4.78, 5) is 62.6. The van der Waals surface area contributed by atoms with Crippen molar-refractivity contribution in [3.63, 3.8) is 0 Å². The van der Waals surface area contributed by atoms with Crippen LogP contribution in [0.15, 0.2) is 137 Å². The van der Waals surface area contributed by atoms with Crippen molar-refractivity contribution in [1.82, 2.24) is 41.7 Å². The van der Waals surface area contributed by atoms with Crippen molar-refractivity contribution in [2.75, 3.05) is 86.0 Å². The van der Waals surface area contributed by atoms with Crippen LogP contribution in [0.5, 0.6) is 34.5 Å². The largest absolute Gasteiger partial charge is 0.497 e. The lowest BCUT2D eigenvalue weighted by molar-refractivity contribution is -0.148. The molecule has 40 nitrogen and oxygen atoms in total. The first-order valence-corrected chi connectivity index (χ1v) is 49.4. The van der Waals surface area contributed by atoms with Gasteiger partial charge in [0.15, 0.2) is 0 Å². The van der Waals surface area contributed by atoms with E-state index < -0.39 is 66.9 Å². The number of likely N-dealkylation sites (tertiary alicyclic amines) is 2. The molecule has 8 amide bonds. The van der Waals surface area contributed by atoms with E-state index in [0.717, 1.165) is 43.4 Å². The fourth-order valence-corrected chi connectivity index (χ4v) is 19.4. The normalized spacial score (nSPS) is 17.8. The van der Waals surface area contributed by atoms with Crippen molar-refractivity contribution in [3.05, 3.63) is 176 Å². The number of amidine groups is 5. The van der Waals surface area contributed by atoms with E-state index in [9.17, 15) is 66.1 Å². The molecule has 702 valence electrons. The van der Waals surface area contributed by atoms with Crippen LogP contribution in [0.4, 0.5) is 19.2 Å². The average molecular weight is 1890 g/mol. The summed E-state index contributed by atoms with van der Waals surface area (Å²) in [5.41, 5.74) is 33.5. The molecular formula is C84H114N18O22S5. The number of fused-ring (bicyclic) bond motifs is 5. The molecule has 0 saturated carbocycles. The highest BCUT2D eigenvalue weighted by molar-refractivity contribution is 7.90. The number of aliphatic carboxylic acids is 1. The van der Waals surface area contributed by atoms with Crippen LogP contribution in [0.3, 0.4) is 0 Å². The van der Waals surface area contributed by atoms with Gasteiger partial charge in [0.05, 0.1) is 94.4 Å². The Morgan fingerprint density at radius 2 is 0.729 bits per heavy atom. The van der Waals surface area contributed by atoms with E-state index in [1.165, 1.54) is 13.8 Å². The molecule has 45 heteroatoms. The Morgan fingerprint density at radius 3 is 1.04 bits per heavy atom. The molecule has 0 radical (unpaired) electrons. The van der Waals surface area contributed by atoms with Gasteiger partial charge in [-0.25, -0.2) is 61.3 Å². The number of amides is 8. The molecule has 6 aromatic carbocycles. The average Bonchev–Trinajstić information content (AvgIpc) is 1.37. The predicted octanol–water partition coefficient (Wildman–Crippen LogP) is 5.84. The minimum Gasteiger partial charge on any atom is -0.497 e. The Morgan fingerprint density at radius 1 is 0.419 bits per heavy atom. The summed E-state index contributed by atoms with van der Waals surface area (Å²) < 4.78 is 169. The van der Waals surface area contributed by atoms with Crippen LogP contribution < -0.4 is 89.0 Å². The second-order valence-corrected chi connectivity index (χ2v) is 41.3. The number of sulfonamides is 5. The van der Waals surface area contributed by atoms with Gasteiger partial charge in [-0.05, 0) is 136 Å². The van der Waals surface area contributed by atoms with Crippen molar-refractivity contribution in [1.29, 1.82) is 0 Å². The van der Waals surface area contributed by atoms with Crippen LogP contribution in [0.1, 0.15) is 156 Å². The third-order valence-corrected chi connectivity index (χ3v) is 26.3. The number of carboxylic acid groups (broad SMARTS) is 1. The summed E-state index contributed by atoms with van der Waals surface area (Å²) in [6, 6.07) is 32.3. The first kappa shape index (κ1) is 101. The number of urea groups is 4. The summed E-state index contributed by atoms with van der Waals surface area (Å²) >= 11 is 0. The second-order valence-electron chi connectivity index (χ2n) is 33.1. The minimum absolute atomic E-state index is 0.0202. The summed E-state index contributed by atoms with van der Waals surface area (Å²) in [5.74, 6) is 0.657. The molecule has 0 unspecified atom stereocenters. The van der Waals surface area contributed by atoms with Gasteiger partial charge in [0.1, 0.15) is 83.5 Å². The van der Waals surface area contributed by atoms with Gasteiger partial charge in [-0.15, -0.1) is 22.0 Å². The van der Waals surface area contributed by atoms with E-state index in [1.807, 2.05) is 72.7 Å². The lowest BCUT2D eigenvalue weighted by Crippen LogP contribution is -2.45. The highest BCUT2D eigenvalue weighted by Gasteiger charge is 2.37. The van der Waals surface area contributed by atoms with Gasteiger partial charge in [0.2, 0.25) is 0 Å². The zero-order valence-electron chi connectivity index (χ0n) is 73.5. The molecule has 2 atom stereocenters.